The molecule has 1 rings (SSSR count). The van der Waals surface area contributed by atoms with Crippen LogP contribution in [0.1, 0.15) is 44.9 Å². The van der Waals surface area contributed by atoms with Crippen molar-refractivity contribution < 1.29 is 9.90 Å². The van der Waals surface area contributed by atoms with E-state index in [4.69, 9.17) is 10.4 Å². The summed E-state index contributed by atoms with van der Waals surface area (Å²) in [6.45, 7) is 0. The van der Waals surface area contributed by atoms with E-state index in [0.717, 1.165) is 25.7 Å². The summed E-state index contributed by atoms with van der Waals surface area (Å²) in [5.74, 6) is -1.34. The van der Waals surface area contributed by atoms with Gasteiger partial charge in [0.05, 0.1) is 17.6 Å². The molecule has 15 heavy (non-hydrogen) atoms. The van der Waals surface area contributed by atoms with E-state index in [2.05, 4.69) is 6.07 Å². The minimum absolute atomic E-state index is 0.305. The minimum Gasteiger partial charge on any atom is -0.478 e. The lowest BCUT2D eigenvalue weighted by Crippen LogP contribution is -2.12. The van der Waals surface area contributed by atoms with Gasteiger partial charge in [0.2, 0.25) is 0 Å². The lowest BCUT2D eigenvalue weighted by atomic mass is 9.91. The lowest BCUT2D eigenvalue weighted by Gasteiger charge is -2.12. The summed E-state index contributed by atoms with van der Waals surface area (Å²) in [4.78, 5) is 11.0. The van der Waals surface area contributed by atoms with Crippen molar-refractivity contribution in [1.82, 2.24) is 0 Å². The van der Waals surface area contributed by atoms with Gasteiger partial charge in [0.25, 0.3) is 0 Å². The molecule has 0 amide bonds. The molecule has 1 atom stereocenters. The van der Waals surface area contributed by atoms with E-state index in [0.29, 0.717) is 12.0 Å². The summed E-state index contributed by atoms with van der Waals surface area (Å²) >= 11 is 0. The Morgan fingerprint density at radius 2 is 2.00 bits per heavy atom. The van der Waals surface area contributed by atoms with E-state index < -0.39 is 11.9 Å². The molecule has 0 saturated heterocycles. The monoisotopic (exact) mass is 207 g/mol. The van der Waals surface area contributed by atoms with Crippen LogP contribution in [0.4, 0.5) is 0 Å². The van der Waals surface area contributed by atoms with Crippen LogP contribution in [0.5, 0.6) is 0 Å². The van der Waals surface area contributed by atoms with Crippen LogP contribution in [0.15, 0.2) is 11.6 Å². The first-order valence-electron chi connectivity index (χ1n) is 5.58. The highest BCUT2D eigenvalue weighted by atomic mass is 16.4. The Balaban J connectivity index is 2.76. The van der Waals surface area contributed by atoms with Crippen molar-refractivity contribution in [3.63, 3.8) is 0 Å². The van der Waals surface area contributed by atoms with Crippen LogP contribution in [0.2, 0.25) is 0 Å². The molecule has 1 aliphatic carbocycles. The first kappa shape index (κ1) is 11.8. The first-order valence-corrected chi connectivity index (χ1v) is 5.58. The number of allylic oxidation sites excluding steroid dienone is 1. The van der Waals surface area contributed by atoms with Crippen LogP contribution in [0, 0.1) is 17.2 Å². The summed E-state index contributed by atoms with van der Waals surface area (Å²) in [7, 11) is 0. The van der Waals surface area contributed by atoms with Gasteiger partial charge in [0, 0.05) is 0 Å². The van der Waals surface area contributed by atoms with Crippen LogP contribution in [0.3, 0.4) is 0 Å². The predicted octanol–water partition coefficient (Wildman–Crippen LogP) is 2.88. The molecule has 82 valence electrons. The van der Waals surface area contributed by atoms with Crippen molar-refractivity contribution in [1.29, 1.82) is 5.26 Å². The fraction of sp³-hybridized carbons (Fsp3) is 0.667. The van der Waals surface area contributed by atoms with Gasteiger partial charge in [-0.15, -0.1) is 0 Å². The fourth-order valence-electron chi connectivity index (χ4n) is 1.95. The van der Waals surface area contributed by atoms with Crippen molar-refractivity contribution >= 4 is 5.97 Å². The number of carboxylic acids is 1. The van der Waals surface area contributed by atoms with Gasteiger partial charge in [0.1, 0.15) is 0 Å². The molecule has 0 radical (unpaired) electrons. The Labute approximate surface area is 90.4 Å². The Morgan fingerprint density at radius 1 is 1.33 bits per heavy atom. The van der Waals surface area contributed by atoms with Gasteiger partial charge < -0.3 is 5.11 Å². The van der Waals surface area contributed by atoms with Crippen molar-refractivity contribution in [3.05, 3.63) is 11.6 Å². The normalized spacial score (nSPS) is 23.7. The van der Waals surface area contributed by atoms with Crippen molar-refractivity contribution in [2.45, 2.75) is 44.9 Å². The van der Waals surface area contributed by atoms with Crippen LogP contribution in [0.25, 0.3) is 0 Å². The second kappa shape index (κ2) is 6.23. The number of aliphatic carboxylic acids is 1. The minimum atomic E-state index is -0.929. The SMILES string of the molecule is N#CC1CCCCCCCC=C1C(=O)O. The van der Waals surface area contributed by atoms with E-state index in [-0.39, 0.29) is 0 Å². The van der Waals surface area contributed by atoms with Gasteiger partial charge in [-0.1, -0.05) is 31.8 Å². The largest absolute Gasteiger partial charge is 0.478 e. The highest BCUT2D eigenvalue weighted by molar-refractivity contribution is 5.87. The van der Waals surface area contributed by atoms with Crippen LogP contribution in [-0.4, -0.2) is 11.1 Å². The third-order valence-corrected chi connectivity index (χ3v) is 2.84. The summed E-state index contributed by atoms with van der Waals surface area (Å²) in [6.07, 6.45) is 8.70. The molecule has 1 aliphatic rings. The molecule has 0 heterocycles. The quantitative estimate of drug-likeness (QED) is 0.719. The van der Waals surface area contributed by atoms with E-state index in [1.165, 1.54) is 12.8 Å². The lowest BCUT2D eigenvalue weighted by molar-refractivity contribution is -0.133. The molecule has 0 spiro atoms. The molecule has 1 N–H and O–H groups in total. The zero-order valence-corrected chi connectivity index (χ0v) is 8.91. The van der Waals surface area contributed by atoms with E-state index in [9.17, 15) is 4.79 Å². The number of nitrogens with zero attached hydrogens (tertiary/aromatic N) is 1. The molecule has 0 aromatic heterocycles. The maximum absolute atomic E-state index is 11.0. The zero-order valence-electron chi connectivity index (χ0n) is 8.91. The van der Waals surface area contributed by atoms with Crippen molar-refractivity contribution in [3.8, 4) is 6.07 Å². The van der Waals surface area contributed by atoms with Gasteiger partial charge in [-0.25, -0.2) is 4.79 Å². The average Bonchev–Trinajstić information content (AvgIpc) is 2.24. The molecular formula is C12H17NO2. The van der Waals surface area contributed by atoms with E-state index in [1.807, 2.05) is 0 Å². The number of nitriles is 1. The number of carboxylic acid groups (broad SMARTS) is 1. The molecule has 1 unspecified atom stereocenters. The zero-order chi connectivity index (χ0) is 11.1. The van der Waals surface area contributed by atoms with Crippen molar-refractivity contribution in [2.24, 2.45) is 5.92 Å². The fourth-order valence-corrected chi connectivity index (χ4v) is 1.95. The maximum Gasteiger partial charge on any atom is 0.332 e. The smallest absolute Gasteiger partial charge is 0.332 e. The topological polar surface area (TPSA) is 61.1 Å². The second-order valence-corrected chi connectivity index (χ2v) is 3.99. The molecule has 0 aromatic carbocycles. The summed E-state index contributed by atoms with van der Waals surface area (Å²) in [6, 6.07) is 2.10. The highest BCUT2D eigenvalue weighted by Crippen LogP contribution is 2.22. The molecule has 0 bridgehead atoms. The first-order chi connectivity index (χ1) is 7.25. The standard InChI is InChI=1S/C12H17NO2/c13-9-10-7-5-3-1-2-4-6-8-11(10)12(14)15/h8,10H,1-7H2,(H,14,15). The van der Waals surface area contributed by atoms with Gasteiger partial charge in [-0.2, -0.15) is 5.26 Å². The maximum atomic E-state index is 11.0. The van der Waals surface area contributed by atoms with Crippen molar-refractivity contribution in [2.75, 3.05) is 0 Å². The molecule has 3 nitrogen and oxygen atoms in total. The molecular weight excluding hydrogens is 190 g/mol. The summed E-state index contributed by atoms with van der Waals surface area (Å²) < 4.78 is 0. The van der Waals surface area contributed by atoms with Gasteiger partial charge in [0.15, 0.2) is 0 Å². The Kier molecular flexibility index (Phi) is 4.89. The van der Waals surface area contributed by atoms with Crippen LogP contribution < -0.4 is 0 Å². The Morgan fingerprint density at radius 3 is 2.67 bits per heavy atom. The predicted molar refractivity (Wildman–Crippen MR) is 57.1 cm³/mol. The third kappa shape index (κ3) is 3.75. The highest BCUT2D eigenvalue weighted by Gasteiger charge is 2.19. The van der Waals surface area contributed by atoms with Gasteiger partial charge in [-0.3, -0.25) is 0 Å². The number of rotatable bonds is 1. The molecule has 0 aromatic rings. The average molecular weight is 207 g/mol. The molecule has 0 saturated carbocycles. The van der Waals surface area contributed by atoms with E-state index in [1.54, 1.807) is 6.08 Å². The van der Waals surface area contributed by atoms with Gasteiger partial charge in [-0.05, 0) is 19.3 Å². The summed E-state index contributed by atoms with van der Waals surface area (Å²) in [5, 5.41) is 17.9. The molecule has 0 fully saturated rings. The number of hydrogen-bond acceptors (Lipinski definition) is 2. The Hall–Kier alpha value is -1.30. The van der Waals surface area contributed by atoms with Crippen LogP contribution in [-0.2, 0) is 4.79 Å². The Bertz CT molecular complexity index is 288. The summed E-state index contributed by atoms with van der Waals surface area (Å²) in [5.41, 5.74) is 0.305. The number of hydrogen-bond donors (Lipinski definition) is 1. The van der Waals surface area contributed by atoms with E-state index >= 15 is 0 Å². The number of carbonyl (C=O) groups is 1. The van der Waals surface area contributed by atoms with Crippen LogP contribution >= 0.6 is 0 Å². The molecule has 3 heteroatoms. The third-order valence-electron chi connectivity index (χ3n) is 2.84. The molecule has 0 aliphatic heterocycles. The van der Waals surface area contributed by atoms with Gasteiger partial charge >= 0.3 is 5.97 Å². The second-order valence-electron chi connectivity index (χ2n) is 3.99.